The molecule has 0 bridgehead atoms. The van der Waals surface area contributed by atoms with Crippen LogP contribution in [-0.4, -0.2) is 26.2 Å². The number of aliphatic hydroxyl groups excluding tert-OH is 1. The molecule has 0 aliphatic heterocycles. The lowest BCUT2D eigenvalue weighted by atomic mass is 9.92. The summed E-state index contributed by atoms with van der Waals surface area (Å²) in [6.07, 6.45) is -3.50. The zero-order chi connectivity index (χ0) is 22.1. The molecule has 160 valence electrons. The molecule has 2 atom stereocenters. The summed E-state index contributed by atoms with van der Waals surface area (Å²) in [5, 5.41) is 13.5. The quantitative estimate of drug-likeness (QED) is 0.358. The van der Waals surface area contributed by atoms with Crippen LogP contribution in [0.15, 0.2) is 30.5 Å². The number of hydrogen-bond donors (Lipinski definition) is 2. The number of alkyl halides is 3. The summed E-state index contributed by atoms with van der Waals surface area (Å²) < 4.78 is 40.8. The molecular weight excluding hydrogens is 440 g/mol. The Morgan fingerprint density at radius 3 is 2.57 bits per heavy atom. The van der Waals surface area contributed by atoms with Crippen LogP contribution in [0.4, 0.5) is 19.0 Å². The maximum absolute atomic E-state index is 13.6. The van der Waals surface area contributed by atoms with Crippen molar-refractivity contribution < 1.29 is 18.3 Å². The minimum atomic E-state index is -4.51. The van der Waals surface area contributed by atoms with Gasteiger partial charge in [0.1, 0.15) is 11.0 Å². The topological polar surface area (TPSA) is 70.9 Å². The van der Waals surface area contributed by atoms with Gasteiger partial charge in [-0.1, -0.05) is 23.7 Å². The van der Waals surface area contributed by atoms with Gasteiger partial charge in [-0.25, -0.2) is 15.0 Å². The Morgan fingerprint density at radius 1 is 1.17 bits per heavy atom. The predicted octanol–water partition coefficient (Wildman–Crippen LogP) is 5.84. The number of fused-ring (bicyclic) bond motifs is 1. The van der Waals surface area contributed by atoms with E-state index < -0.39 is 23.9 Å². The summed E-state index contributed by atoms with van der Waals surface area (Å²) in [5.41, 5.74) is 0.322. The fraction of sp³-hybridized carbons (Fsp3) is 0.350. The summed E-state index contributed by atoms with van der Waals surface area (Å²) >= 11 is 12.0. The van der Waals surface area contributed by atoms with Crippen molar-refractivity contribution in [2.24, 2.45) is 0 Å². The third kappa shape index (κ3) is 5.11. The second kappa shape index (κ2) is 8.91. The van der Waals surface area contributed by atoms with Crippen LogP contribution in [0.5, 0.6) is 0 Å². The van der Waals surface area contributed by atoms with E-state index in [2.05, 4.69) is 20.3 Å². The monoisotopic (exact) mass is 458 g/mol. The first-order valence-corrected chi connectivity index (χ1v) is 9.94. The van der Waals surface area contributed by atoms with Gasteiger partial charge in [0, 0.05) is 5.39 Å². The van der Waals surface area contributed by atoms with E-state index in [1.165, 1.54) is 12.3 Å². The number of halogens is 5. The highest BCUT2D eigenvalue weighted by Gasteiger charge is 2.34. The molecule has 10 heteroatoms. The second-order valence-corrected chi connectivity index (χ2v) is 7.72. The standard InChI is InChI=1S/C20H19Cl2F3N4O/c1-10(30)6-7-13-12(4-3-5-15(13)20(23,24)25)11(2)27-18-14-8-17(21)26-9-16(14)28-19(22)29-18/h3-5,8-11,30H,6-7H2,1-2H3,(H,27,28,29)/t10-,11-/m1/s1. The third-order valence-corrected chi connectivity index (χ3v) is 5.05. The van der Waals surface area contributed by atoms with Crippen LogP contribution < -0.4 is 5.32 Å². The highest BCUT2D eigenvalue weighted by molar-refractivity contribution is 6.30. The molecule has 2 aromatic heterocycles. The molecule has 0 saturated heterocycles. The Kier molecular flexibility index (Phi) is 6.69. The zero-order valence-electron chi connectivity index (χ0n) is 16.1. The van der Waals surface area contributed by atoms with Gasteiger partial charge >= 0.3 is 6.18 Å². The summed E-state index contributed by atoms with van der Waals surface area (Å²) in [4.78, 5) is 12.2. The zero-order valence-corrected chi connectivity index (χ0v) is 17.6. The highest BCUT2D eigenvalue weighted by atomic mass is 35.5. The van der Waals surface area contributed by atoms with E-state index in [0.29, 0.717) is 22.3 Å². The lowest BCUT2D eigenvalue weighted by Crippen LogP contribution is -2.17. The Morgan fingerprint density at radius 2 is 1.90 bits per heavy atom. The van der Waals surface area contributed by atoms with Crippen molar-refractivity contribution in [1.82, 2.24) is 15.0 Å². The lowest BCUT2D eigenvalue weighted by Gasteiger charge is -2.23. The van der Waals surface area contributed by atoms with Crippen LogP contribution in [0.1, 0.15) is 43.0 Å². The fourth-order valence-electron chi connectivity index (χ4n) is 3.28. The largest absolute Gasteiger partial charge is 0.416 e. The SMILES string of the molecule is C[C@@H](O)CCc1c([C@@H](C)Nc2nc(Cl)nc3cnc(Cl)cc23)cccc1C(F)(F)F. The van der Waals surface area contributed by atoms with Gasteiger partial charge in [0.2, 0.25) is 5.28 Å². The average molecular weight is 459 g/mol. The Hall–Kier alpha value is -2.16. The third-order valence-electron chi connectivity index (χ3n) is 4.67. The van der Waals surface area contributed by atoms with Crippen molar-refractivity contribution in [2.75, 3.05) is 5.32 Å². The van der Waals surface area contributed by atoms with Gasteiger partial charge in [0.15, 0.2) is 0 Å². The molecule has 0 radical (unpaired) electrons. The Bertz CT molecular complexity index is 1060. The molecule has 2 N–H and O–H groups in total. The number of rotatable bonds is 6. The molecule has 0 spiro atoms. The number of pyridine rings is 1. The van der Waals surface area contributed by atoms with Crippen LogP contribution in [-0.2, 0) is 12.6 Å². The molecule has 5 nitrogen and oxygen atoms in total. The molecule has 0 fully saturated rings. The van der Waals surface area contributed by atoms with Crippen LogP contribution >= 0.6 is 23.2 Å². The number of aromatic nitrogens is 3. The van der Waals surface area contributed by atoms with Crippen molar-refractivity contribution in [3.05, 3.63) is 57.6 Å². The van der Waals surface area contributed by atoms with Gasteiger partial charge in [0.05, 0.1) is 29.4 Å². The van der Waals surface area contributed by atoms with E-state index in [9.17, 15) is 18.3 Å². The molecule has 1 aromatic carbocycles. The normalized spacial score (nSPS) is 14.0. The summed E-state index contributed by atoms with van der Waals surface area (Å²) in [6.45, 7) is 3.27. The summed E-state index contributed by atoms with van der Waals surface area (Å²) in [7, 11) is 0. The number of nitrogens with zero attached hydrogens (tertiary/aromatic N) is 3. The van der Waals surface area contributed by atoms with Crippen LogP contribution in [0.3, 0.4) is 0 Å². The van der Waals surface area contributed by atoms with E-state index >= 15 is 0 Å². The Balaban J connectivity index is 2.04. The number of hydrogen-bond acceptors (Lipinski definition) is 5. The molecule has 0 saturated carbocycles. The lowest BCUT2D eigenvalue weighted by molar-refractivity contribution is -0.138. The maximum Gasteiger partial charge on any atom is 0.416 e. The Labute approximate surface area is 181 Å². The van der Waals surface area contributed by atoms with E-state index in [1.54, 1.807) is 26.0 Å². The van der Waals surface area contributed by atoms with Gasteiger partial charge in [-0.15, -0.1) is 0 Å². The number of aliphatic hydroxyl groups is 1. The van der Waals surface area contributed by atoms with Crippen LogP contribution in [0.25, 0.3) is 10.9 Å². The summed E-state index contributed by atoms with van der Waals surface area (Å²) in [6, 6.07) is 5.06. The minimum absolute atomic E-state index is 0.0281. The van der Waals surface area contributed by atoms with Crippen LogP contribution in [0.2, 0.25) is 10.4 Å². The van der Waals surface area contributed by atoms with Crippen molar-refractivity contribution in [3.8, 4) is 0 Å². The molecule has 3 aromatic rings. The number of anilines is 1. The molecule has 0 aliphatic carbocycles. The maximum atomic E-state index is 13.6. The molecule has 2 heterocycles. The van der Waals surface area contributed by atoms with Crippen molar-refractivity contribution in [1.29, 1.82) is 0 Å². The average Bonchev–Trinajstić information content (AvgIpc) is 2.65. The van der Waals surface area contributed by atoms with E-state index in [4.69, 9.17) is 23.2 Å². The predicted molar refractivity (Wildman–Crippen MR) is 111 cm³/mol. The first-order valence-electron chi connectivity index (χ1n) is 9.18. The molecular formula is C20H19Cl2F3N4O. The molecule has 0 aliphatic rings. The van der Waals surface area contributed by atoms with Gasteiger partial charge in [-0.05, 0) is 61.5 Å². The smallest absolute Gasteiger partial charge is 0.393 e. The first kappa shape index (κ1) is 22.5. The van der Waals surface area contributed by atoms with Gasteiger partial charge in [-0.3, -0.25) is 0 Å². The van der Waals surface area contributed by atoms with E-state index in [1.807, 2.05) is 0 Å². The summed E-state index contributed by atoms with van der Waals surface area (Å²) in [5.74, 6) is 0.334. The minimum Gasteiger partial charge on any atom is -0.393 e. The van der Waals surface area contributed by atoms with Gasteiger partial charge in [0.25, 0.3) is 0 Å². The fourth-order valence-corrected chi connectivity index (χ4v) is 3.61. The van der Waals surface area contributed by atoms with E-state index in [-0.39, 0.29) is 28.8 Å². The van der Waals surface area contributed by atoms with Crippen molar-refractivity contribution >= 4 is 39.9 Å². The molecule has 30 heavy (non-hydrogen) atoms. The highest BCUT2D eigenvalue weighted by Crippen LogP contribution is 2.37. The van der Waals surface area contributed by atoms with Crippen molar-refractivity contribution in [2.45, 2.75) is 45.0 Å². The van der Waals surface area contributed by atoms with Crippen LogP contribution in [0, 0.1) is 0 Å². The van der Waals surface area contributed by atoms with E-state index in [0.717, 1.165) is 6.07 Å². The molecule has 0 unspecified atom stereocenters. The number of benzene rings is 1. The number of nitrogens with one attached hydrogen (secondary N) is 1. The molecule has 0 amide bonds. The van der Waals surface area contributed by atoms with Gasteiger partial charge in [-0.2, -0.15) is 13.2 Å². The molecule has 3 rings (SSSR count). The van der Waals surface area contributed by atoms with Crippen molar-refractivity contribution in [3.63, 3.8) is 0 Å². The first-order chi connectivity index (χ1) is 14.1. The second-order valence-electron chi connectivity index (χ2n) is 6.99. The van der Waals surface area contributed by atoms with Gasteiger partial charge < -0.3 is 10.4 Å².